The lowest BCUT2D eigenvalue weighted by Crippen LogP contribution is -2.44. The summed E-state index contributed by atoms with van der Waals surface area (Å²) >= 11 is 1.04. The minimum absolute atomic E-state index is 0. The summed E-state index contributed by atoms with van der Waals surface area (Å²) in [5.74, 6) is 0.731. The predicted molar refractivity (Wildman–Crippen MR) is 113 cm³/mol. The Hall–Kier alpha value is -0.620. The van der Waals surface area contributed by atoms with Gasteiger partial charge in [-0.2, -0.15) is 13.2 Å². The van der Waals surface area contributed by atoms with Gasteiger partial charge in [-0.1, -0.05) is 0 Å². The van der Waals surface area contributed by atoms with Crippen molar-refractivity contribution >= 4 is 41.3 Å². The lowest BCUT2D eigenvalue weighted by molar-refractivity contribution is -0.140. The largest absolute Gasteiger partial charge is 0.434 e. The standard InChI is InChI=1S/C17H26F3N5S.HI/c1-3-21-16(23-12-8-11(2)25(9-12)13-4-5-13)22-7-6-15-24-14(10-26-15)17(18,19)20;/h10-13H,3-9H2,1-2H3,(H2,21,22,23);1H. The summed E-state index contributed by atoms with van der Waals surface area (Å²) < 4.78 is 37.8. The molecule has 1 aliphatic heterocycles. The van der Waals surface area contributed by atoms with Crippen LogP contribution in [0.2, 0.25) is 0 Å². The third-order valence-corrected chi connectivity index (χ3v) is 5.67. The van der Waals surface area contributed by atoms with Gasteiger partial charge >= 0.3 is 6.18 Å². The van der Waals surface area contributed by atoms with Gasteiger partial charge in [-0.05, 0) is 33.1 Å². The lowest BCUT2D eigenvalue weighted by Gasteiger charge is -2.20. The highest BCUT2D eigenvalue weighted by Gasteiger charge is 2.39. The predicted octanol–water partition coefficient (Wildman–Crippen LogP) is 3.50. The van der Waals surface area contributed by atoms with Crippen LogP contribution in [0.5, 0.6) is 0 Å². The van der Waals surface area contributed by atoms with Crippen LogP contribution in [0, 0.1) is 0 Å². The molecule has 1 aromatic rings. The number of likely N-dealkylation sites (tertiary alicyclic amines) is 1. The topological polar surface area (TPSA) is 52.6 Å². The molecule has 0 bridgehead atoms. The second-order valence-electron chi connectivity index (χ2n) is 6.99. The number of hydrogen-bond acceptors (Lipinski definition) is 4. The molecule has 2 aliphatic rings. The van der Waals surface area contributed by atoms with E-state index < -0.39 is 11.9 Å². The highest BCUT2D eigenvalue weighted by molar-refractivity contribution is 14.0. The van der Waals surface area contributed by atoms with Gasteiger partial charge in [0.05, 0.1) is 5.01 Å². The Morgan fingerprint density at radius 3 is 2.74 bits per heavy atom. The molecular formula is C17H27F3IN5S. The molecule has 1 aliphatic carbocycles. The summed E-state index contributed by atoms with van der Waals surface area (Å²) in [7, 11) is 0. The van der Waals surface area contributed by atoms with E-state index in [2.05, 4.69) is 32.4 Å². The maximum Gasteiger partial charge on any atom is 0.434 e. The Morgan fingerprint density at radius 2 is 2.15 bits per heavy atom. The lowest BCUT2D eigenvalue weighted by atomic mass is 10.2. The van der Waals surface area contributed by atoms with Crippen LogP contribution >= 0.6 is 35.3 Å². The molecule has 1 aromatic heterocycles. The van der Waals surface area contributed by atoms with E-state index in [1.807, 2.05) is 6.92 Å². The summed E-state index contributed by atoms with van der Waals surface area (Å²) in [6.45, 7) is 6.45. The molecule has 2 fully saturated rings. The number of nitrogens with one attached hydrogen (secondary N) is 2. The van der Waals surface area contributed by atoms with Gasteiger partial charge < -0.3 is 10.6 Å². The number of rotatable bonds is 6. The molecule has 2 atom stereocenters. The fourth-order valence-corrected chi connectivity index (χ4v) is 4.20. The van der Waals surface area contributed by atoms with E-state index in [4.69, 9.17) is 0 Å². The Kier molecular flexibility index (Phi) is 8.17. The minimum atomic E-state index is -4.37. The maximum absolute atomic E-state index is 12.6. The smallest absolute Gasteiger partial charge is 0.357 e. The second kappa shape index (κ2) is 9.73. The van der Waals surface area contributed by atoms with Gasteiger partial charge in [-0.3, -0.25) is 9.89 Å². The van der Waals surface area contributed by atoms with E-state index in [-0.39, 0.29) is 24.0 Å². The van der Waals surface area contributed by atoms with Crippen molar-refractivity contribution in [2.24, 2.45) is 4.99 Å². The van der Waals surface area contributed by atoms with Crippen molar-refractivity contribution < 1.29 is 13.2 Å². The van der Waals surface area contributed by atoms with E-state index in [1.165, 1.54) is 12.8 Å². The van der Waals surface area contributed by atoms with Gasteiger partial charge in [0, 0.05) is 49.6 Å². The third-order valence-electron chi connectivity index (χ3n) is 4.76. The quantitative estimate of drug-likeness (QED) is 0.345. The van der Waals surface area contributed by atoms with E-state index in [0.717, 1.165) is 48.2 Å². The number of alkyl halides is 3. The van der Waals surface area contributed by atoms with Gasteiger partial charge in [0.2, 0.25) is 0 Å². The molecule has 3 rings (SSSR count). The van der Waals surface area contributed by atoms with Crippen molar-refractivity contribution in [3.63, 3.8) is 0 Å². The SMILES string of the molecule is CCNC(=NCCc1nc(C(F)(F)F)cs1)NC1CC(C)N(C2CC2)C1.I. The van der Waals surface area contributed by atoms with E-state index in [1.54, 1.807) is 0 Å². The van der Waals surface area contributed by atoms with Crippen LogP contribution in [0.15, 0.2) is 10.4 Å². The summed E-state index contributed by atoms with van der Waals surface area (Å²) in [5.41, 5.74) is -0.813. The van der Waals surface area contributed by atoms with Crippen LogP contribution in [0.4, 0.5) is 13.2 Å². The zero-order valence-electron chi connectivity index (χ0n) is 15.6. The van der Waals surface area contributed by atoms with E-state index in [0.29, 0.717) is 30.1 Å². The highest BCUT2D eigenvalue weighted by atomic mass is 127. The Morgan fingerprint density at radius 1 is 1.41 bits per heavy atom. The summed E-state index contributed by atoms with van der Waals surface area (Å²) in [5, 5.41) is 8.23. The van der Waals surface area contributed by atoms with Crippen molar-refractivity contribution in [2.75, 3.05) is 19.6 Å². The highest BCUT2D eigenvalue weighted by Crippen LogP contribution is 2.33. The van der Waals surface area contributed by atoms with Crippen LogP contribution in [-0.2, 0) is 12.6 Å². The second-order valence-corrected chi connectivity index (χ2v) is 7.93. The molecule has 27 heavy (non-hydrogen) atoms. The fraction of sp³-hybridized carbons (Fsp3) is 0.765. The fourth-order valence-electron chi connectivity index (χ4n) is 3.41. The average Bonchev–Trinajstić information content (AvgIpc) is 3.16. The molecule has 10 heteroatoms. The zero-order chi connectivity index (χ0) is 18.7. The first kappa shape index (κ1) is 22.7. The number of halogens is 4. The molecule has 1 saturated carbocycles. The van der Waals surface area contributed by atoms with Crippen LogP contribution in [0.3, 0.4) is 0 Å². The number of thiazole rings is 1. The summed E-state index contributed by atoms with van der Waals surface area (Å²) in [4.78, 5) is 10.7. The van der Waals surface area contributed by atoms with Crippen LogP contribution < -0.4 is 10.6 Å². The number of nitrogens with zero attached hydrogens (tertiary/aromatic N) is 3. The molecule has 2 N–H and O–H groups in total. The Bertz CT molecular complexity index is 632. The first-order valence-electron chi connectivity index (χ1n) is 9.19. The number of guanidine groups is 1. The van der Waals surface area contributed by atoms with Crippen LogP contribution in [-0.4, -0.2) is 53.6 Å². The van der Waals surface area contributed by atoms with Crippen molar-refractivity contribution in [2.45, 2.75) is 63.8 Å². The zero-order valence-corrected chi connectivity index (χ0v) is 18.7. The number of hydrogen-bond donors (Lipinski definition) is 2. The normalized spacial score (nSPS) is 24.0. The van der Waals surface area contributed by atoms with Crippen molar-refractivity contribution in [1.82, 2.24) is 20.5 Å². The molecule has 5 nitrogen and oxygen atoms in total. The molecule has 0 amide bonds. The van der Waals surface area contributed by atoms with E-state index >= 15 is 0 Å². The molecule has 1 saturated heterocycles. The molecule has 0 aromatic carbocycles. The molecular weight excluding hydrogens is 490 g/mol. The monoisotopic (exact) mass is 517 g/mol. The van der Waals surface area contributed by atoms with Gasteiger partial charge in [0.15, 0.2) is 11.7 Å². The van der Waals surface area contributed by atoms with Gasteiger partial charge in [0.25, 0.3) is 0 Å². The third kappa shape index (κ3) is 6.45. The first-order valence-corrected chi connectivity index (χ1v) is 10.1. The van der Waals surface area contributed by atoms with E-state index in [9.17, 15) is 13.2 Å². The van der Waals surface area contributed by atoms with Gasteiger partial charge in [-0.15, -0.1) is 35.3 Å². The minimum Gasteiger partial charge on any atom is -0.357 e. The molecule has 0 spiro atoms. The first-order chi connectivity index (χ1) is 12.4. The van der Waals surface area contributed by atoms with Crippen LogP contribution in [0.25, 0.3) is 0 Å². The Labute approximate surface area is 179 Å². The number of aromatic nitrogens is 1. The van der Waals surface area contributed by atoms with Gasteiger partial charge in [0.1, 0.15) is 0 Å². The van der Waals surface area contributed by atoms with Crippen LogP contribution in [0.1, 0.15) is 43.8 Å². The summed E-state index contributed by atoms with van der Waals surface area (Å²) in [6, 6.07) is 1.70. The molecule has 0 radical (unpaired) electrons. The number of aliphatic imine (C=N–C) groups is 1. The van der Waals surface area contributed by atoms with Gasteiger partial charge in [-0.25, -0.2) is 4.98 Å². The van der Waals surface area contributed by atoms with Crippen molar-refractivity contribution in [3.05, 3.63) is 16.1 Å². The molecule has 154 valence electrons. The molecule has 2 unspecified atom stereocenters. The van der Waals surface area contributed by atoms with Crippen molar-refractivity contribution in [1.29, 1.82) is 0 Å². The maximum atomic E-state index is 12.6. The summed E-state index contributed by atoms with van der Waals surface area (Å²) in [6.07, 6.45) is -0.270. The van der Waals surface area contributed by atoms with Crippen molar-refractivity contribution in [3.8, 4) is 0 Å². The molecule has 2 heterocycles. The average molecular weight is 517 g/mol. The Balaban J connectivity index is 0.00000261.